The average molecular weight is 262 g/mol. The zero-order valence-corrected chi connectivity index (χ0v) is 9.71. The molecule has 74 valence electrons. The number of rotatable bonds is 1. The molecule has 0 unspecified atom stereocenters. The molecule has 0 bridgehead atoms. The molecule has 0 aliphatic carbocycles. The molecular formula is C12H8BrNO. The molecule has 2 aromatic carbocycles. The van der Waals surface area contributed by atoms with Crippen molar-refractivity contribution in [3.63, 3.8) is 0 Å². The van der Waals surface area contributed by atoms with Crippen LogP contribution >= 0.6 is 15.9 Å². The maximum absolute atomic E-state index is 8.78. The van der Waals surface area contributed by atoms with E-state index in [1.807, 2.05) is 24.3 Å². The van der Waals surface area contributed by atoms with Gasteiger partial charge in [0.1, 0.15) is 5.75 Å². The van der Waals surface area contributed by atoms with Gasteiger partial charge in [0.05, 0.1) is 23.2 Å². The summed E-state index contributed by atoms with van der Waals surface area (Å²) in [6, 6.07) is 11.5. The summed E-state index contributed by atoms with van der Waals surface area (Å²) in [5.74, 6) is 0.798. The van der Waals surface area contributed by atoms with Crippen LogP contribution in [0.1, 0.15) is 5.56 Å². The van der Waals surface area contributed by atoms with E-state index in [4.69, 9.17) is 10.00 Å². The lowest BCUT2D eigenvalue weighted by Crippen LogP contribution is -1.85. The maximum Gasteiger partial charge on any atom is 0.133 e. The molecule has 0 spiro atoms. The Bertz CT molecular complexity index is 557. The third kappa shape index (κ3) is 1.69. The van der Waals surface area contributed by atoms with Crippen LogP contribution in [-0.2, 0) is 0 Å². The number of halogens is 1. The van der Waals surface area contributed by atoms with Gasteiger partial charge in [-0.1, -0.05) is 12.1 Å². The number of benzene rings is 2. The molecule has 0 fully saturated rings. The lowest BCUT2D eigenvalue weighted by Gasteiger charge is -2.06. The molecule has 0 aromatic heterocycles. The lowest BCUT2D eigenvalue weighted by atomic mass is 10.1. The first-order chi connectivity index (χ1) is 7.26. The zero-order valence-electron chi connectivity index (χ0n) is 8.12. The molecule has 0 amide bonds. The predicted molar refractivity (Wildman–Crippen MR) is 62.9 cm³/mol. The van der Waals surface area contributed by atoms with Crippen LogP contribution in [0, 0.1) is 11.3 Å². The Kier molecular flexibility index (Phi) is 2.61. The number of methoxy groups -OCH3 is 1. The Morgan fingerprint density at radius 1 is 1.27 bits per heavy atom. The number of fused-ring (bicyclic) bond motifs is 1. The topological polar surface area (TPSA) is 33.0 Å². The second-order valence-electron chi connectivity index (χ2n) is 3.13. The van der Waals surface area contributed by atoms with E-state index in [-0.39, 0.29) is 0 Å². The van der Waals surface area contributed by atoms with Crippen molar-refractivity contribution in [2.24, 2.45) is 0 Å². The fourth-order valence-corrected chi connectivity index (χ4v) is 2.15. The van der Waals surface area contributed by atoms with E-state index in [1.165, 1.54) is 0 Å². The monoisotopic (exact) mass is 261 g/mol. The Balaban J connectivity index is 2.75. The molecule has 0 atom stereocenters. The van der Waals surface area contributed by atoms with Crippen molar-refractivity contribution in [2.75, 3.05) is 7.11 Å². The standard InChI is InChI=1S/C12H8BrNO/c1-15-11-5-3-9-6-8(7-14)2-4-10(9)12(11)13/h2-6H,1H3. The summed E-state index contributed by atoms with van der Waals surface area (Å²) in [7, 11) is 1.63. The van der Waals surface area contributed by atoms with Crippen LogP contribution in [0.15, 0.2) is 34.8 Å². The highest BCUT2D eigenvalue weighted by Crippen LogP contribution is 2.33. The fourth-order valence-electron chi connectivity index (χ4n) is 1.50. The summed E-state index contributed by atoms with van der Waals surface area (Å²) in [6.45, 7) is 0. The van der Waals surface area contributed by atoms with Gasteiger partial charge >= 0.3 is 0 Å². The number of nitrogens with zero attached hydrogens (tertiary/aromatic N) is 1. The lowest BCUT2D eigenvalue weighted by molar-refractivity contribution is 0.413. The van der Waals surface area contributed by atoms with Gasteiger partial charge in [-0.3, -0.25) is 0 Å². The van der Waals surface area contributed by atoms with Crippen LogP contribution < -0.4 is 4.74 Å². The van der Waals surface area contributed by atoms with Gasteiger partial charge in [-0.05, 0) is 44.9 Å². The van der Waals surface area contributed by atoms with Gasteiger partial charge in [-0.2, -0.15) is 5.26 Å². The van der Waals surface area contributed by atoms with Gasteiger partial charge in [-0.15, -0.1) is 0 Å². The summed E-state index contributed by atoms with van der Waals surface area (Å²) >= 11 is 3.48. The molecule has 0 heterocycles. The minimum atomic E-state index is 0.666. The summed E-state index contributed by atoms with van der Waals surface area (Å²) in [5, 5.41) is 10.9. The van der Waals surface area contributed by atoms with Gasteiger partial charge in [0.25, 0.3) is 0 Å². The first kappa shape index (κ1) is 10.0. The average Bonchev–Trinajstić information content (AvgIpc) is 2.29. The van der Waals surface area contributed by atoms with Crippen molar-refractivity contribution < 1.29 is 4.74 Å². The van der Waals surface area contributed by atoms with Gasteiger partial charge in [-0.25, -0.2) is 0 Å². The van der Waals surface area contributed by atoms with E-state index in [2.05, 4.69) is 22.0 Å². The SMILES string of the molecule is COc1ccc2cc(C#N)ccc2c1Br. The van der Waals surface area contributed by atoms with Crippen LogP contribution in [0.5, 0.6) is 5.75 Å². The van der Waals surface area contributed by atoms with E-state index in [0.717, 1.165) is 21.0 Å². The molecule has 0 aliphatic heterocycles. The maximum atomic E-state index is 8.78. The number of hydrogen-bond donors (Lipinski definition) is 0. The molecule has 2 rings (SSSR count). The smallest absolute Gasteiger partial charge is 0.133 e. The van der Waals surface area contributed by atoms with E-state index in [0.29, 0.717) is 5.56 Å². The molecule has 0 N–H and O–H groups in total. The third-order valence-electron chi connectivity index (χ3n) is 2.27. The molecule has 0 aliphatic rings. The van der Waals surface area contributed by atoms with Gasteiger partial charge in [0.2, 0.25) is 0 Å². The highest BCUT2D eigenvalue weighted by Gasteiger charge is 2.05. The van der Waals surface area contributed by atoms with Crippen LogP contribution in [0.3, 0.4) is 0 Å². The Morgan fingerprint density at radius 2 is 2.07 bits per heavy atom. The number of hydrogen-bond acceptors (Lipinski definition) is 2. The number of nitriles is 1. The van der Waals surface area contributed by atoms with Gasteiger partial charge < -0.3 is 4.74 Å². The minimum absolute atomic E-state index is 0.666. The highest BCUT2D eigenvalue weighted by molar-refractivity contribution is 9.10. The van der Waals surface area contributed by atoms with Crippen molar-refractivity contribution in [3.8, 4) is 11.8 Å². The Morgan fingerprint density at radius 3 is 2.73 bits per heavy atom. The van der Waals surface area contributed by atoms with E-state index in [9.17, 15) is 0 Å². The van der Waals surface area contributed by atoms with Crippen molar-refractivity contribution in [3.05, 3.63) is 40.4 Å². The summed E-state index contributed by atoms with van der Waals surface area (Å²) in [5.41, 5.74) is 0.666. The molecule has 2 nitrogen and oxygen atoms in total. The minimum Gasteiger partial charge on any atom is -0.496 e. The summed E-state index contributed by atoms with van der Waals surface area (Å²) in [4.78, 5) is 0. The first-order valence-electron chi connectivity index (χ1n) is 4.42. The van der Waals surface area contributed by atoms with Crippen molar-refractivity contribution >= 4 is 26.7 Å². The Hall–Kier alpha value is -1.53. The largest absolute Gasteiger partial charge is 0.496 e. The molecular weight excluding hydrogens is 254 g/mol. The normalized spacial score (nSPS) is 9.93. The molecule has 15 heavy (non-hydrogen) atoms. The molecule has 2 aromatic rings. The zero-order chi connectivity index (χ0) is 10.8. The fraction of sp³-hybridized carbons (Fsp3) is 0.0833. The molecule has 0 saturated carbocycles. The van der Waals surface area contributed by atoms with Crippen molar-refractivity contribution in [1.29, 1.82) is 5.26 Å². The summed E-state index contributed by atoms with van der Waals surface area (Å²) < 4.78 is 6.12. The van der Waals surface area contributed by atoms with Crippen LogP contribution in [0.2, 0.25) is 0 Å². The van der Waals surface area contributed by atoms with E-state index in [1.54, 1.807) is 13.2 Å². The summed E-state index contributed by atoms with van der Waals surface area (Å²) in [6.07, 6.45) is 0. The van der Waals surface area contributed by atoms with Crippen LogP contribution in [0.4, 0.5) is 0 Å². The predicted octanol–water partition coefficient (Wildman–Crippen LogP) is 3.48. The number of ether oxygens (including phenoxy) is 1. The van der Waals surface area contributed by atoms with E-state index >= 15 is 0 Å². The molecule has 0 saturated heterocycles. The quantitative estimate of drug-likeness (QED) is 0.788. The molecule has 3 heteroatoms. The molecule has 0 radical (unpaired) electrons. The van der Waals surface area contributed by atoms with Crippen molar-refractivity contribution in [2.45, 2.75) is 0 Å². The highest BCUT2D eigenvalue weighted by atomic mass is 79.9. The first-order valence-corrected chi connectivity index (χ1v) is 5.22. The van der Waals surface area contributed by atoms with Crippen LogP contribution in [-0.4, -0.2) is 7.11 Å². The third-order valence-corrected chi connectivity index (χ3v) is 3.09. The van der Waals surface area contributed by atoms with Gasteiger partial charge in [0.15, 0.2) is 0 Å². The van der Waals surface area contributed by atoms with Crippen molar-refractivity contribution in [1.82, 2.24) is 0 Å². The second-order valence-corrected chi connectivity index (χ2v) is 3.92. The Labute approximate surface area is 96.2 Å². The van der Waals surface area contributed by atoms with E-state index < -0.39 is 0 Å². The van der Waals surface area contributed by atoms with Crippen LogP contribution in [0.25, 0.3) is 10.8 Å². The van der Waals surface area contributed by atoms with Gasteiger partial charge in [0, 0.05) is 0 Å². The second kappa shape index (κ2) is 3.92.